The number of nitrogens with two attached hydrogens (primary N) is 5. The SMILES string of the molecule is NC(=O)CCC(NC(=O)C(Cc1ccc(O)cc1)NC(=O)C(N)CC(N)=O)C(=O)NC(CCCN=C(N)N)C(=O)O. The monoisotopic (exact) mass is 579 g/mol. The van der Waals surface area contributed by atoms with Gasteiger partial charge in [0.15, 0.2) is 5.96 Å². The van der Waals surface area contributed by atoms with Gasteiger partial charge in [-0.05, 0) is 37.0 Å². The molecule has 0 saturated heterocycles. The number of hydrogen-bond acceptors (Lipinski definition) is 9. The highest BCUT2D eigenvalue weighted by atomic mass is 16.4. The number of phenols is 1. The Labute approximate surface area is 235 Å². The van der Waals surface area contributed by atoms with E-state index in [1.807, 2.05) is 0 Å². The van der Waals surface area contributed by atoms with Crippen molar-refractivity contribution < 1.29 is 39.0 Å². The molecule has 0 radical (unpaired) electrons. The standard InChI is InChI=1S/C24H37N9O8/c25-14(11-19(27)36)20(37)33-17(10-12-3-5-13(34)6-4-12)22(39)31-15(7-8-18(26)35)21(38)32-16(23(40)41)2-1-9-30-24(28)29/h3-6,14-17,34H,1-2,7-11,25H2,(H2,26,35)(H2,27,36)(H,31,39)(H,32,38)(H,33,37)(H,40,41)(H4,28,29,30). The molecule has 41 heavy (non-hydrogen) atoms. The number of carbonyl (C=O) groups excluding carboxylic acids is 5. The lowest BCUT2D eigenvalue weighted by molar-refractivity contribution is -0.142. The highest BCUT2D eigenvalue weighted by Crippen LogP contribution is 2.12. The van der Waals surface area contributed by atoms with Gasteiger partial charge >= 0.3 is 5.97 Å². The van der Waals surface area contributed by atoms with E-state index in [1.54, 1.807) is 0 Å². The Balaban J connectivity index is 3.14. The Bertz CT molecular complexity index is 1120. The number of nitrogens with one attached hydrogen (secondary N) is 3. The van der Waals surface area contributed by atoms with E-state index in [0.29, 0.717) is 5.56 Å². The molecule has 17 nitrogen and oxygen atoms in total. The third kappa shape index (κ3) is 13.6. The maximum absolute atomic E-state index is 13.3. The van der Waals surface area contributed by atoms with Gasteiger partial charge in [-0.1, -0.05) is 12.1 Å². The van der Waals surface area contributed by atoms with Gasteiger partial charge < -0.3 is 54.8 Å². The highest BCUT2D eigenvalue weighted by Gasteiger charge is 2.31. The Morgan fingerprint density at radius 3 is 1.88 bits per heavy atom. The number of phenolic OH excluding ortho intramolecular Hbond substituents is 1. The Morgan fingerprint density at radius 1 is 0.780 bits per heavy atom. The molecule has 0 fully saturated rings. The van der Waals surface area contributed by atoms with Crippen molar-refractivity contribution in [2.75, 3.05) is 6.54 Å². The molecule has 0 heterocycles. The molecule has 4 atom stereocenters. The molecule has 0 aliphatic rings. The molecular formula is C24H37N9O8. The molecular weight excluding hydrogens is 542 g/mol. The van der Waals surface area contributed by atoms with Crippen LogP contribution in [0, 0.1) is 0 Å². The minimum absolute atomic E-state index is 0.0447. The van der Waals surface area contributed by atoms with Gasteiger partial charge in [-0.25, -0.2) is 4.79 Å². The third-order valence-electron chi connectivity index (χ3n) is 5.64. The summed E-state index contributed by atoms with van der Waals surface area (Å²) in [6.45, 7) is 0.111. The van der Waals surface area contributed by atoms with E-state index in [2.05, 4.69) is 20.9 Å². The number of carboxylic acid groups (broad SMARTS) is 1. The van der Waals surface area contributed by atoms with Gasteiger partial charge in [-0.2, -0.15) is 0 Å². The number of guanidine groups is 1. The maximum atomic E-state index is 13.3. The van der Waals surface area contributed by atoms with Gasteiger partial charge in [0, 0.05) is 19.4 Å². The largest absolute Gasteiger partial charge is 0.508 e. The van der Waals surface area contributed by atoms with Crippen molar-refractivity contribution in [3.63, 3.8) is 0 Å². The van der Waals surface area contributed by atoms with Crippen molar-refractivity contribution in [2.24, 2.45) is 33.7 Å². The van der Waals surface area contributed by atoms with E-state index in [0.717, 1.165) is 0 Å². The molecule has 0 aliphatic heterocycles. The normalized spacial score (nSPS) is 13.5. The Morgan fingerprint density at radius 2 is 1.34 bits per heavy atom. The summed E-state index contributed by atoms with van der Waals surface area (Å²) in [6, 6.07) is 0.179. The molecule has 1 rings (SSSR count). The predicted molar refractivity (Wildman–Crippen MR) is 145 cm³/mol. The van der Waals surface area contributed by atoms with Crippen molar-refractivity contribution in [2.45, 2.75) is 62.7 Å². The molecule has 4 unspecified atom stereocenters. The van der Waals surface area contributed by atoms with E-state index >= 15 is 0 Å². The molecule has 0 aliphatic carbocycles. The van der Waals surface area contributed by atoms with Gasteiger partial charge in [0.2, 0.25) is 29.5 Å². The van der Waals surface area contributed by atoms with Crippen molar-refractivity contribution >= 4 is 41.5 Å². The lowest BCUT2D eigenvalue weighted by Crippen LogP contribution is -2.58. The summed E-state index contributed by atoms with van der Waals surface area (Å²) in [5, 5.41) is 26.2. The number of primary amides is 2. The van der Waals surface area contributed by atoms with Crippen LogP contribution < -0.4 is 44.6 Å². The molecule has 5 amide bonds. The second kappa shape index (κ2) is 16.9. The van der Waals surface area contributed by atoms with Crippen LogP contribution in [0.25, 0.3) is 0 Å². The second-order valence-corrected chi connectivity index (χ2v) is 9.12. The topological polar surface area (TPSA) is 321 Å². The maximum Gasteiger partial charge on any atom is 0.326 e. The molecule has 0 spiro atoms. The molecule has 17 heteroatoms. The molecule has 226 valence electrons. The van der Waals surface area contributed by atoms with Gasteiger partial charge in [0.05, 0.1) is 12.5 Å². The molecule has 0 bridgehead atoms. The first-order valence-electron chi connectivity index (χ1n) is 12.5. The summed E-state index contributed by atoms with van der Waals surface area (Å²) in [4.78, 5) is 76.9. The number of aliphatic carboxylic acids is 1. The van der Waals surface area contributed by atoms with E-state index in [4.69, 9.17) is 28.7 Å². The number of carbonyl (C=O) groups is 6. The van der Waals surface area contributed by atoms with Gasteiger partial charge in [0.1, 0.15) is 23.9 Å². The van der Waals surface area contributed by atoms with Crippen LogP contribution in [0.5, 0.6) is 5.75 Å². The van der Waals surface area contributed by atoms with E-state index < -0.39 is 66.1 Å². The number of rotatable bonds is 18. The lowest BCUT2D eigenvalue weighted by atomic mass is 10.0. The summed E-state index contributed by atoms with van der Waals surface area (Å²) >= 11 is 0. The fourth-order valence-corrected chi connectivity index (χ4v) is 3.53. The van der Waals surface area contributed by atoms with Crippen LogP contribution in [0.2, 0.25) is 0 Å². The zero-order valence-corrected chi connectivity index (χ0v) is 22.2. The first kappa shape index (κ1) is 34.1. The number of hydrogen-bond donors (Lipinski definition) is 10. The molecule has 1 aromatic rings. The fourth-order valence-electron chi connectivity index (χ4n) is 3.53. The molecule has 15 N–H and O–H groups in total. The van der Waals surface area contributed by atoms with Crippen LogP contribution in [-0.2, 0) is 35.2 Å². The quantitative estimate of drug-likeness (QED) is 0.0453. The summed E-state index contributed by atoms with van der Waals surface area (Å²) in [5.41, 5.74) is 27.0. The highest BCUT2D eigenvalue weighted by molar-refractivity contribution is 5.95. The predicted octanol–water partition coefficient (Wildman–Crippen LogP) is -4.00. The fraction of sp³-hybridized carbons (Fsp3) is 0.458. The van der Waals surface area contributed by atoms with Crippen LogP contribution in [0.15, 0.2) is 29.3 Å². The van der Waals surface area contributed by atoms with Crippen molar-refractivity contribution in [3.8, 4) is 5.75 Å². The zero-order chi connectivity index (χ0) is 31.1. The summed E-state index contributed by atoms with van der Waals surface area (Å²) in [5.74, 6) is -5.90. The summed E-state index contributed by atoms with van der Waals surface area (Å²) in [6.07, 6.45) is -1.09. The van der Waals surface area contributed by atoms with Crippen LogP contribution in [0.1, 0.15) is 37.7 Å². The van der Waals surface area contributed by atoms with Crippen LogP contribution in [0.4, 0.5) is 0 Å². The van der Waals surface area contributed by atoms with Crippen LogP contribution >= 0.6 is 0 Å². The number of aliphatic imine (C=N–C) groups is 1. The Kier molecular flexibility index (Phi) is 14.1. The smallest absolute Gasteiger partial charge is 0.326 e. The van der Waals surface area contributed by atoms with Gasteiger partial charge in [-0.3, -0.25) is 29.0 Å². The van der Waals surface area contributed by atoms with E-state index in [-0.39, 0.29) is 50.4 Å². The average Bonchev–Trinajstić information content (AvgIpc) is 2.87. The number of benzene rings is 1. The number of amides is 5. The van der Waals surface area contributed by atoms with Gasteiger partial charge in [0.25, 0.3) is 0 Å². The number of nitrogens with zero attached hydrogens (tertiary/aromatic N) is 1. The van der Waals surface area contributed by atoms with E-state index in [9.17, 15) is 39.0 Å². The Hall–Kier alpha value is -4.93. The summed E-state index contributed by atoms with van der Waals surface area (Å²) < 4.78 is 0. The van der Waals surface area contributed by atoms with Gasteiger partial charge in [-0.15, -0.1) is 0 Å². The van der Waals surface area contributed by atoms with Crippen molar-refractivity contribution in [1.29, 1.82) is 0 Å². The third-order valence-corrected chi connectivity index (χ3v) is 5.64. The zero-order valence-electron chi connectivity index (χ0n) is 22.2. The molecule has 0 aromatic heterocycles. The summed E-state index contributed by atoms with van der Waals surface area (Å²) in [7, 11) is 0. The molecule has 0 saturated carbocycles. The number of aromatic hydroxyl groups is 1. The van der Waals surface area contributed by atoms with Crippen molar-refractivity contribution in [1.82, 2.24) is 16.0 Å². The van der Waals surface area contributed by atoms with Crippen LogP contribution in [0.3, 0.4) is 0 Å². The average molecular weight is 580 g/mol. The molecule has 1 aromatic carbocycles. The lowest BCUT2D eigenvalue weighted by Gasteiger charge is -2.25. The minimum Gasteiger partial charge on any atom is -0.508 e. The number of carboxylic acids is 1. The van der Waals surface area contributed by atoms with E-state index in [1.165, 1.54) is 24.3 Å². The first-order valence-corrected chi connectivity index (χ1v) is 12.5. The first-order chi connectivity index (χ1) is 19.2. The minimum atomic E-state index is -1.42. The second-order valence-electron chi connectivity index (χ2n) is 9.12. The van der Waals surface area contributed by atoms with Crippen LogP contribution in [-0.4, -0.2) is 82.4 Å². The van der Waals surface area contributed by atoms with Crippen molar-refractivity contribution in [3.05, 3.63) is 29.8 Å².